The average Bonchev–Trinajstić information content (AvgIpc) is 2.87. The summed E-state index contributed by atoms with van der Waals surface area (Å²) in [4.78, 5) is 26.0. The number of sulfonamides is 1. The highest BCUT2D eigenvalue weighted by atomic mass is 35.5. The zero-order chi connectivity index (χ0) is 25.0. The van der Waals surface area contributed by atoms with Crippen LogP contribution in [-0.4, -0.2) is 20.1 Å². The fourth-order valence-corrected chi connectivity index (χ4v) is 4.85. The van der Waals surface area contributed by atoms with Gasteiger partial charge in [0.25, 0.3) is 15.9 Å². The van der Waals surface area contributed by atoms with Crippen molar-refractivity contribution in [2.45, 2.75) is 4.90 Å². The number of halogens is 2. The van der Waals surface area contributed by atoms with Gasteiger partial charge in [0, 0.05) is 21.7 Å². The summed E-state index contributed by atoms with van der Waals surface area (Å²) in [7, 11) is -3.85. The third-order valence-electron chi connectivity index (χ3n) is 5.04. The third kappa shape index (κ3) is 5.71. The van der Waals surface area contributed by atoms with Crippen LogP contribution in [0.5, 0.6) is 0 Å². The summed E-state index contributed by atoms with van der Waals surface area (Å²) in [5.74, 6) is -0.833. The molecular formula is C26H18Cl2N2O4S. The van der Waals surface area contributed by atoms with Gasteiger partial charge in [0.2, 0.25) is 0 Å². The van der Waals surface area contributed by atoms with Gasteiger partial charge in [-0.05, 0) is 48.5 Å². The van der Waals surface area contributed by atoms with E-state index in [1.54, 1.807) is 60.7 Å². The fraction of sp³-hybridized carbons (Fsp3) is 0. The molecule has 0 aliphatic heterocycles. The molecule has 0 heterocycles. The molecule has 176 valence electrons. The van der Waals surface area contributed by atoms with Crippen LogP contribution in [0.4, 0.5) is 11.4 Å². The van der Waals surface area contributed by atoms with Gasteiger partial charge in [0.15, 0.2) is 5.78 Å². The third-order valence-corrected chi connectivity index (χ3v) is 6.97. The van der Waals surface area contributed by atoms with Crippen molar-refractivity contribution in [1.82, 2.24) is 0 Å². The number of amides is 1. The number of ketones is 1. The number of rotatable bonds is 7. The molecule has 4 aromatic carbocycles. The first-order valence-corrected chi connectivity index (χ1v) is 12.6. The summed E-state index contributed by atoms with van der Waals surface area (Å²) in [5.41, 5.74) is 1.25. The van der Waals surface area contributed by atoms with Crippen LogP contribution in [0.2, 0.25) is 10.0 Å². The fourth-order valence-electron chi connectivity index (χ4n) is 3.30. The Morgan fingerprint density at radius 2 is 1.31 bits per heavy atom. The number of carbonyl (C=O) groups excluding carboxylic acids is 2. The predicted molar refractivity (Wildman–Crippen MR) is 138 cm³/mol. The smallest absolute Gasteiger partial charge is 0.261 e. The molecule has 2 N–H and O–H groups in total. The van der Waals surface area contributed by atoms with Crippen LogP contribution < -0.4 is 10.0 Å². The van der Waals surface area contributed by atoms with Crippen molar-refractivity contribution >= 4 is 56.3 Å². The lowest BCUT2D eigenvalue weighted by atomic mass is 10.0. The Labute approximate surface area is 212 Å². The van der Waals surface area contributed by atoms with E-state index in [9.17, 15) is 18.0 Å². The Hall–Kier alpha value is -3.65. The standard InChI is InChI=1S/C26H18Cl2N2O4S/c27-19-12-14-23(21(16-19)25(31)17-7-3-1-4-8-17)29-26(32)18-11-13-24(22(28)15-18)30-35(33,34)20-9-5-2-6-10-20/h1-16,30H,(H,29,32). The van der Waals surface area contributed by atoms with Crippen LogP contribution in [0.15, 0.2) is 102 Å². The molecule has 0 saturated carbocycles. The molecule has 4 rings (SSSR count). The first-order valence-electron chi connectivity index (χ1n) is 10.3. The van der Waals surface area contributed by atoms with Gasteiger partial charge >= 0.3 is 0 Å². The van der Waals surface area contributed by atoms with Crippen molar-refractivity contribution in [2.75, 3.05) is 10.0 Å². The molecule has 6 nitrogen and oxygen atoms in total. The summed E-state index contributed by atoms with van der Waals surface area (Å²) >= 11 is 12.4. The van der Waals surface area contributed by atoms with Crippen molar-refractivity contribution in [3.05, 3.63) is 124 Å². The molecule has 0 saturated heterocycles. The zero-order valence-electron chi connectivity index (χ0n) is 18.0. The van der Waals surface area contributed by atoms with E-state index in [-0.39, 0.29) is 38.2 Å². The van der Waals surface area contributed by atoms with Gasteiger partial charge < -0.3 is 5.32 Å². The van der Waals surface area contributed by atoms with Crippen molar-refractivity contribution in [3.8, 4) is 0 Å². The zero-order valence-corrected chi connectivity index (χ0v) is 20.4. The highest BCUT2D eigenvalue weighted by molar-refractivity contribution is 7.92. The van der Waals surface area contributed by atoms with Gasteiger partial charge in [-0.3, -0.25) is 14.3 Å². The Bertz CT molecular complexity index is 1510. The number of hydrogen-bond donors (Lipinski definition) is 2. The molecule has 0 unspecified atom stereocenters. The van der Waals surface area contributed by atoms with Gasteiger partial charge in [-0.25, -0.2) is 8.42 Å². The minimum atomic E-state index is -3.85. The largest absolute Gasteiger partial charge is 0.321 e. The maximum atomic E-state index is 13.0. The quantitative estimate of drug-likeness (QED) is 0.278. The normalized spacial score (nSPS) is 11.0. The number of carbonyl (C=O) groups is 2. The first kappa shape index (κ1) is 24.5. The van der Waals surface area contributed by atoms with E-state index in [4.69, 9.17) is 23.2 Å². The number of nitrogens with one attached hydrogen (secondary N) is 2. The lowest BCUT2D eigenvalue weighted by molar-refractivity contribution is 0.102. The minimum absolute atomic E-state index is 0.0360. The van der Waals surface area contributed by atoms with Crippen LogP contribution in [-0.2, 0) is 10.0 Å². The number of hydrogen-bond acceptors (Lipinski definition) is 4. The van der Waals surface area contributed by atoms with Crippen molar-refractivity contribution in [3.63, 3.8) is 0 Å². The molecule has 1 amide bonds. The minimum Gasteiger partial charge on any atom is -0.321 e. The maximum absolute atomic E-state index is 13.0. The molecule has 0 aliphatic carbocycles. The van der Waals surface area contributed by atoms with Crippen molar-refractivity contribution in [1.29, 1.82) is 0 Å². The Kier molecular flexibility index (Phi) is 7.21. The molecule has 35 heavy (non-hydrogen) atoms. The molecule has 9 heteroatoms. The average molecular weight is 525 g/mol. The molecule has 0 radical (unpaired) electrons. The number of anilines is 2. The Morgan fingerprint density at radius 3 is 1.97 bits per heavy atom. The lowest BCUT2D eigenvalue weighted by Gasteiger charge is -2.13. The predicted octanol–water partition coefficient (Wildman–Crippen LogP) is 6.28. The van der Waals surface area contributed by atoms with E-state index in [1.807, 2.05) is 0 Å². The molecular weight excluding hydrogens is 507 g/mol. The molecule has 0 aromatic heterocycles. The molecule has 0 fully saturated rings. The van der Waals surface area contributed by atoms with E-state index in [0.29, 0.717) is 10.6 Å². The second kappa shape index (κ2) is 10.3. The van der Waals surface area contributed by atoms with Gasteiger partial charge in [-0.2, -0.15) is 0 Å². The second-order valence-electron chi connectivity index (χ2n) is 7.45. The maximum Gasteiger partial charge on any atom is 0.261 e. The number of benzene rings is 4. The van der Waals surface area contributed by atoms with Crippen LogP contribution >= 0.6 is 23.2 Å². The van der Waals surface area contributed by atoms with Gasteiger partial charge in [-0.1, -0.05) is 71.7 Å². The van der Waals surface area contributed by atoms with E-state index in [1.165, 1.54) is 36.4 Å². The second-order valence-corrected chi connectivity index (χ2v) is 9.98. The van der Waals surface area contributed by atoms with E-state index in [2.05, 4.69) is 10.0 Å². The van der Waals surface area contributed by atoms with Gasteiger partial charge in [0.1, 0.15) is 0 Å². The Balaban J connectivity index is 1.57. The highest BCUT2D eigenvalue weighted by Gasteiger charge is 2.19. The lowest BCUT2D eigenvalue weighted by Crippen LogP contribution is -2.16. The van der Waals surface area contributed by atoms with Crippen molar-refractivity contribution in [2.24, 2.45) is 0 Å². The summed E-state index contributed by atoms with van der Waals surface area (Å²) in [5, 5.41) is 3.09. The molecule has 0 aliphatic rings. The highest BCUT2D eigenvalue weighted by Crippen LogP contribution is 2.28. The monoisotopic (exact) mass is 524 g/mol. The SMILES string of the molecule is O=C(Nc1ccc(Cl)cc1C(=O)c1ccccc1)c1ccc(NS(=O)(=O)c2ccccc2)c(Cl)c1. The first-order chi connectivity index (χ1) is 16.7. The van der Waals surface area contributed by atoms with Crippen LogP contribution in [0.25, 0.3) is 0 Å². The summed E-state index contributed by atoms with van der Waals surface area (Å²) in [6.45, 7) is 0. The van der Waals surface area contributed by atoms with Gasteiger partial charge in [-0.15, -0.1) is 0 Å². The topological polar surface area (TPSA) is 92.3 Å². The Morgan fingerprint density at radius 1 is 0.686 bits per heavy atom. The summed E-state index contributed by atoms with van der Waals surface area (Å²) < 4.78 is 27.6. The van der Waals surface area contributed by atoms with E-state index in [0.717, 1.165) is 0 Å². The van der Waals surface area contributed by atoms with Crippen molar-refractivity contribution < 1.29 is 18.0 Å². The van der Waals surface area contributed by atoms with Crippen LogP contribution in [0.3, 0.4) is 0 Å². The molecule has 4 aromatic rings. The van der Waals surface area contributed by atoms with Crippen LogP contribution in [0.1, 0.15) is 26.3 Å². The molecule has 0 atom stereocenters. The summed E-state index contributed by atoms with van der Waals surface area (Å²) in [6, 6.07) is 25.2. The van der Waals surface area contributed by atoms with Crippen LogP contribution in [0, 0.1) is 0 Å². The van der Waals surface area contributed by atoms with Gasteiger partial charge in [0.05, 0.1) is 21.3 Å². The molecule has 0 bridgehead atoms. The molecule has 0 spiro atoms. The van der Waals surface area contributed by atoms with E-state index < -0.39 is 15.9 Å². The summed E-state index contributed by atoms with van der Waals surface area (Å²) in [6.07, 6.45) is 0. The van der Waals surface area contributed by atoms with E-state index >= 15 is 0 Å².